The first-order valence-electron chi connectivity index (χ1n) is 7.93. The molecule has 2 aromatic carbocycles. The Balaban J connectivity index is 0.00000192. The normalized spacial score (nSPS) is 22.6. The molecule has 23 heavy (non-hydrogen) atoms. The van der Waals surface area contributed by atoms with Crippen LogP contribution in [0.1, 0.15) is 30.0 Å². The number of nitrogens with two attached hydrogens (primary N) is 1. The van der Waals surface area contributed by atoms with Gasteiger partial charge in [0.2, 0.25) is 0 Å². The summed E-state index contributed by atoms with van der Waals surface area (Å²) in [4.78, 5) is 2.46. The van der Waals surface area contributed by atoms with Crippen LogP contribution in [0.25, 0.3) is 0 Å². The van der Waals surface area contributed by atoms with E-state index in [-0.39, 0.29) is 24.3 Å². The summed E-state index contributed by atoms with van der Waals surface area (Å²) >= 11 is 0. The maximum atomic E-state index is 13.1. The van der Waals surface area contributed by atoms with Crippen molar-refractivity contribution in [2.45, 2.75) is 18.9 Å². The first kappa shape index (κ1) is 17.9. The van der Waals surface area contributed by atoms with Crippen LogP contribution in [0.2, 0.25) is 0 Å². The summed E-state index contributed by atoms with van der Waals surface area (Å²) in [5.41, 5.74) is 8.53. The van der Waals surface area contributed by atoms with Gasteiger partial charge in [0.15, 0.2) is 0 Å². The van der Waals surface area contributed by atoms with Gasteiger partial charge in [0.25, 0.3) is 0 Å². The molecule has 1 heterocycles. The molecule has 0 radical (unpaired) electrons. The Morgan fingerprint density at radius 3 is 2.35 bits per heavy atom. The van der Waals surface area contributed by atoms with Crippen LogP contribution in [0.15, 0.2) is 54.6 Å². The predicted octanol–water partition coefficient (Wildman–Crippen LogP) is 3.98. The molecule has 1 aliphatic rings. The van der Waals surface area contributed by atoms with Gasteiger partial charge in [-0.1, -0.05) is 42.5 Å². The average Bonchev–Trinajstić information content (AvgIpc) is 3.00. The second kappa shape index (κ2) is 7.91. The summed E-state index contributed by atoms with van der Waals surface area (Å²) in [6, 6.07) is 17.7. The first-order valence-corrected chi connectivity index (χ1v) is 7.93. The lowest BCUT2D eigenvalue weighted by atomic mass is 9.89. The van der Waals surface area contributed by atoms with Crippen LogP contribution < -0.4 is 5.73 Å². The Morgan fingerprint density at radius 1 is 1.09 bits per heavy atom. The minimum atomic E-state index is -0.181. The summed E-state index contributed by atoms with van der Waals surface area (Å²) in [7, 11) is 0. The number of rotatable bonds is 4. The van der Waals surface area contributed by atoms with Crippen LogP contribution in [0.3, 0.4) is 0 Å². The van der Waals surface area contributed by atoms with Gasteiger partial charge in [-0.2, -0.15) is 0 Å². The van der Waals surface area contributed by atoms with E-state index in [2.05, 4.69) is 42.2 Å². The van der Waals surface area contributed by atoms with Gasteiger partial charge in [-0.25, -0.2) is 4.39 Å². The molecule has 0 aromatic heterocycles. The molecule has 2 aromatic rings. The molecule has 3 atom stereocenters. The molecule has 124 valence electrons. The maximum Gasteiger partial charge on any atom is 0.123 e. The molecule has 0 spiro atoms. The van der Waals surface area contributed by atoms with Crippen LogP contribution >= 0.6 is 12.4 Å². The highest BCUT2D eigenvalue weighted by Gasteiger charge is 2.35. The molecule has 3 rings (SSSR count). The third-order valence-electron chi connectivity index (χ3n) is 4.90. The van der Waals surface area contributed by atoms with Crippen LogP contribution in [0.4, 0.5) is 4.39 Å². The van der Waals surface area contributed by atoms with Gasteiger partial charge >= 0.3 is 0 Å². The van der Waals surface area contributed by atoms with Crippen molar-refractivity contribution in [3.8, 4) is 0 Å². The fourth-order valence-electron chi connectivity index (χ4n) is 3.49. The molecular formula is C19H24ClFN2. The van der Waals surface area contributed by atoms with Crippen molar-refractivity contribution in [3.05, 3.63) is 71.5 Å². The number of hydrogen-bond donors (Lipinski definition) is 1. The quantitative estimate of drug-likeness (QED) is 0.916. The van der Waals surface area contributed by atoms with E-state index in [0.717, 1.165) is 18.7 Å². The van der Waals surface area contributed by atoms with Crippen molar-refractivity contribution in [1.29, 1.82) is 0 Å². The summed E-state index contributed by atoms with van der Waals surface area (Å²) in [6.45, 7) is 4.89. The second-order valence-electron chi connectivity index (χ2n) is 6.19. The SMILES string of the molecule is CC(c1ccc(F)cc1)N1C[C@@H](CN)[C@H](c2ccccc2)C1.Cl. The van der Waals surface area contributed by atoms with Gasteiger partial charge in [-0.05, 0) is 42.6 Å². The van der Waals surface area contributed by atoms with E-state index >= 15 is 0 Å². The maximum absolute atomic E-state index is 13.1. The number of halogens is 2. The Labute approximate surface area is 143 Å². The monoisotopic (exact) mass is 334 g/mol. The topological polar surface area (TPSA) is 29.3 Å². The van der Waals surface area contributed by atoms with Crippen molar-refractivity contribution < 1.29 is 4.39 Å². The Bertz CT molecular complexity index is 603. The molecule has 2 N–H and O–H groups in total. The highest BCUT2D eigenvalue weighted by atomic mass is 35.5. The lowest BCUT2D eigenvalue weighted by Gasteiger charge is -2.25. The molecule has 0 saturated carbocycles. The number of likely N-dealkylation sites (tertiary alicyclic amines) is 1. The summed E-state index contributed by atoms with van der Waals surface area (Å²) in [5, 5.41) is 0. The van der Waals surface area contributed by atoms with Gasteiger partial charge in [0.1, 0.15) is 5.82 Å². The van der Waals surface area contributed by atoms with Crippen molar-refractivity contribution >= 4 is 12.4 Å². The van der Waals surface area contributed by atoms with E-state index < -0.39 is 0 Å². The second-order valence-corrected chi connectivity index (χ2v) is 6.19. The highest BCUT2D eigenvalue weighted by molar-refractivity contribution is 5.85. The average molecular weight is 335 g/mol. The van der Waals surface area contributed by atoms with Gasteiger partial charge in [-0.15, -0.1) is 12.4 Å². The highest BCUT2D eigenvalue weighted by Crippen LogP contribution is 2.36. The lowest BCUT2D eigenvalue weighted by molar-refractivity contribution is 0.252. The third-order valence-corrected chi connectivity index (χ3v) is 4.90. The minimum absolute atomic E-state index is 0. The van der Waals surface area contributed by atoms with Crippen LogP contribution in [0, 0.1) is 11.7 Å². The molecule has 2 nitrogen and oxygen atoms in total. The molecule has 0 aliphatic carbocycles. The van der Waals surface area contributed by atoms with Crippen molar-refractivity contribution in [2.75, 3.05) is 19.6 Å². The summed E-state index contributed by atoms with van der Waals surface area (Å²) in [5.74, 6) is 0.777. The molecule has 0 bridgehead atoms. The fourth-order valence-corrected chi connectivity index (χ4v) is 3.49. The largest absolute Gasteiger partial charge is 0.330 e. The van der Waals surface area contributed by atoms with Gasteiger partial charge in [0, 0.05) is 25.0 Å². The van der Waals surface area contributed by atoms with Crippen molar-refractivity contribution in [2.24, 2.45) is 11.7 Å². The van der Waals surface area contributed by atoms with E-state index in [0.29, 0.717) is 18.4 Å². The van der Waals surface area contributed by atoms with Crippen molar-refractivity contribution in [3.63, 3.8) is 0 Å². The Kier molecular flexibility index (Phi) is 6.17. The van der Waals surface area contributed by atoms with E-state index in [1.165, 1.54) is 17.7 Å². The van der Waals surface area contributed by atoms with Crippen LogP contribution in [0.5, 0.6) is 0 Å². The van der Waals surface area contributed by atoms with E-state index in [4.69, 9.17) is 5.73 Å². The molecule has 1 aliphatic heterocycles. The third kappa shape index (κ3) is 3.92. The minimum Gasteiger partial charge on any atom is -0.330 e. The van der Waals surface area contributed by atoms with E-state index in [9.17, 15) is 4.39 Å². The van der Waals surface area contributed by atoms with Gasteiger partial charge < -0.3 is 5.73 Å². The van der Waals surface area contributed by atoms with E-state index in [1.54, 1.807) is 0 Å². The lowest BCUT2D eigenvalue weighted by Crippen LogP contribution is -2.26. The number of nitrogens with zero attached hydrogens (tertiary/aromatic N) is 1. The number of hydrogen-bond acceptors (Lipinski definition) is 2. The summed E-state index contributed by atoms with van der Waals surface area (Å²) < 4.78 is 13.1. The van der Waals surface area contributed by atoms with E-state index in [1.807, 2.05) is 12.1 Å². The molecule has 0 amide bonds. The molecule has 4 heteroatoms. The zero-order chi connectivity index (χ0) is 15.5. The number of benzene rings is 2. The summed E-state index contributed by atoms with van der Waals surface area (Å²) in [6.07, 6.45) is 0. The van der Waals surface area contributed by atoms with Crippen LogP contribution in [-0.4, -0.2) is 24.5 Å². The standard InChI is InChI=1S/C19H23FN2.ClH/c1-14(15-7-9-18(20)10-8-15)22-12-17(11-21)19(13-22)16-5-3-2-4-6-16;/h2-10,14,17,19H,11-13,21H2,1H3;1H/t14?,17-,19+;/m1./s1. The first-order chi connectivity index (χ1) is 10.7. The molecular weight excluding hydrogens is 311 g/mol. The zero-order valence-corrected chi connectivity index (χ0v) is 14.2. The Hall–Kier alpha value is -1.42. The zero-order valence-electron chi connectivity index (χ0n) is 13.4. The van der Waals surface area contributed by atoms with Gasteiger partial charge in [0.05, 0.1) is 0 Å². The van der Waals surface area contributed by atoms with Crippen molar-refractivity contribution in [1.82, 2.24) is 4.90 Å². The van der Waals surface area contributed by atoms with Crippen LogP contribution in [-0.2, 0) is 0 Å². The molecule has 1 fully saturated rings. The smallest absolute Gasteiger partial charge is 0.123 e. The Morgan fingerprint density at radius 2 is 1.74 bits per heavy atom. The van der Waals surface area contributed by atoms with Gasteiger partial charge in [-0.3, -0.25) is 4.90 Å². The molecule has 1 saturated heterocycles. The fraction of sp³-hybridized carbons (Fsp3) is 0.368. The molecule has 1 unspecified atom stereocenters. The predicted molar refractivity (Wildman–Crippen MR) is 95.4 cm³/mol.